The molecule has 1 aromatic carbocycles. The summed E-state index contributed by atoms with van der Waals surface area (Å²) in [5, 5.41) is 8.99. The number of benzene rings is 1. The molecule has 2 rings (SSSR count). The van der Waals surface area contributed by atoms with Crippen LogP contribution in [0, 0.1) is 19.7 Å². The van der Waals surface area contributed by atoms with E-state index in [-0.39, 0.29) is 16.2 Å². The van der Waals surface area contributed by atoms with Gasteiger partial charge < -0.3 is 9.52 Å². The van der Waals surface area contributed by atoms with Gasteiger partial charge in [-0.05, 0) is 37.6 Å². The minimum Gasteiger partial charge on any atom is -0.481 e. The summed E-state index contributed by atoms with van der Waals surface area (Å²) in [6.07, 6.45) is -0.515. The van der Waals surface area contributed by atoms with E-state index >= 15 is 0 Å². The third-order valence-electron chi connectivity index (χ3n) is 3.21. The van der Waals surface area contributed by atoms with E-state index in [1.165, 1.54) is 31.2 Å². The van der Waals surface area contributed by atoms with Crippen LogP contribution in [0.15, 0.2) is 39.6 Å². The summed E-state index contributed by atoms with van der Waals surface area (Å²) in [4.78, 5) is 10.9. The predicted octanol–water partition coefficient (Wildman–Crippen LogP) is 2.53. The summed E-state index contributed by atoms with van der Waals surface area (Å²) in [7, 11) is -4.01. The number of furan rings is 1. The molecule has 0 aliphatic rings. The van der Waals surface area contributed by atoms with Crippen LogP contribution in [-0.4, -0.2) is 19.5 Å². The number of carboxylic acid groups (broad SMARTS) is 1. The number of hydrogen-bond acceptors (Lipinski definition) is 4. The van der Waals surface area contributed by atoms with E-state index < -0.39 is 34.3 Å². The van der Waals surface area contributed by atoms with E-state index in [9.17, 15) is 17.6 Å². The average Bonchev–Trinajstić information content (AvgIpc) is 2.77. The van der Waals surface area contributed by atoms with Gasteiger partial charge in [0.05, 0.1) is 12.5 Å². The van der Waals surface area contributed by atoms with Gasteiger partial charge in [0.1, 0.15) is 22.2 Å². The summed E-state index contributed by atoms with van der Waals surface area (Å²) in [6.45, 7) is 3.10. The zero-order chi connectivity index (χ0) is 17.2. The Kier molecular flexibility index (Phi) is 4.86. The van der Waals surface area contributed by atoms with Crippen LogP contribution in [0.1, 0.15) is 29.5 Å². The number of aryl methyl sites for hydroxylation is 2. The lowest BCUT2D eigenvalue weighted by atomic mass is 10.1. The summed E-state index contributed by atoms with van der Waals surface area (Å²) in [6, 6.07) is 5.40. The lowest BCUT2D eigenvalue weighted by Gasteiger charge is -2.17. The Morgan fingerprint density at radius 3 is 2.57 bits per heavy atom. The van der Waals surface area contributed by atoms with Crippen molar-refractivity contribution < 1.29 is 27.1 Å². The van der Waals surface area contributed by atoms with Gasteiger partial charge >= 0.3 is 5.97 Å². The first kappa shape index (κ1) is 17.2. The van der Waals surface area contributed by atoms with Crippen molar-refractivity contribution in [2.75, 3.05) is 0 Å². The Morgan fingerprint density at radius 2 is 2.04 bits per heavy atom. The standard InChI is InChI=1S/C15H16FNO5S/c1-9-6-14(10(2)22-9)23(20,21)17-13(8-15(18)19)11-4-3-5-12(16)7-11/h3-7,13,17H,8H2,1-2H3,(H,18,19). The molecule has 0 aliphatic carbocycles. The Hall–Kier alpha value is -2.19. The van der Waals surface area contributed by atoms with Crippen LogP contribution in [0.2, 0.25) is 0 Å². The molecular formula is C15H16FNO5S. The molecule has 1 heterocycles. The van der Waals surface area contributed by atoms with E-state index in [4.69, 9.17) is 9.52 Å². The zero-order valence-electron chi connectivity index (χ0n) is 12.5. The number of hydrogen-bond donors (Lipinski definition) is 2. The second-order valence-electron chi connectivity index (χ2n) is 5.10. The van der Waals surface area contributed by atoms with Crippen LogP contribution in [0.5, 0.6) is 0 Å². The van der Waals surface area contributed by atoms with Gasteiger partial charge in [-0.1, -0.05) is 12.1 Å². The molecule has 1 aromatic heterocycles. The van der Waals surface area contributed by atoms with Gasteiger partial charge in [-0.25, -0.2) is 17.5 Å². The SMILES string of the molecule is Cc1cc(S(=O)(=O)NC(CC(=O)O)c2cccc(F)c2)c(C)o1. The van der Waals surface area contributed by atoms with E-state index in [2.05, 4.69) is 4.72 Å². The van der Waals surface area contributed by atoms with Crippen molar-refractivity contribution in [3.8, 4) is 0 Å². The molecule has 0 radical (unpaired) electrons. The van der Waals surface area contributed by atoms with E-state index in [0.717, 1.165) is 6.07 Å². The quantitative estimate of drug-likeness (QED) is 0.841. The molecule has 2 N–H and O–H groups in total. The molecule has 124 valence electrons. The molecule has 0 amide bonds. The number of sulfonamides is 1. The molecule has 23 heavy (non-hydrogen) atoms. The van der Waals surface area contributed by atoms with Gasteiger partial charge in [0.15, 0.2) is 0 Å². The van der Waals surface area contributed by atoms with Crippen LogP contribution >= 0.6 is 0 Å². The van der Waals surface area contributed by atoms with Gasteiger partial charge in [0.25, 0.3) is 0 Å². The van der Waals surface area contributed by atoms with Gasteiger partial charge in [-0.2, -0.15) is 0 Å². The number of carbonyl (C=O) groups is 1. The van der Waals surface area contributed by atoms with Crippen molar-refractivity contribution in [1.82, 2.24) is 4.72 Å². The molecule has 0 saturated carbocycles. The number of carboxylic acids is 1. The normalized spacial score (nSPS) is 13.0. The molecule has 8 heteroatoms. The molecule has 0 spiro atoms. The number of aliphatic carboxylic acids is 1. The van der Waals surface area contributed by atoms with Crippen molar-refractivity contribution in [3.05, 3.63) is 53.2 Å². The van der Waals surface area contributed by atoms with Crippen LogP contribution in [0.3, 0.4) is 0 Å². The summed E-state index contributed by atoms with van der Waals surface area (Å²) in [5.41, 5.74) is 0.230. The Bertz CT molecular complexity index is 828. The first-order valence-electron chi connectivity index (χ1n) is 6.75. The van der Waals surface area contributed by atoms with Crippen LogP contribution in [-0.2, 0) is 14.8 Å². The number of halogens is 1. The Morgan fingerprint density at radius 1 is 1.35 bits per heavy atom. The highest BCUT2D eigenvalue weighted by atomic mass is 32.2. The summed E-state index contributed by atoms with van der Waals surface area (Å²) in [5.74, 6) is -1.17. The zero-order valence-corrected chi connectivity index (χ0v) is 13.4. The van der Waals surface area contributed by atoms with E-state index in [0.29, 0.717) is 5.76 Å². The smallest absolute Gasteiger partial charge is 0.305 e. The fourth-order valence-electron chi connectivity index (χ4n) is 2.25. The fraction of sp³-hybridized carbons (Fsp3) is 0.267. The molecular weight excluding hydrogens is 325 g/mol. The van der Waals surface area contributed by atoms with Gasteiger partial charge in [0, 0.05) is 0 Å². The fourth-order valence-corrected chi connectivity index (χ4v) is 3.71. The van der Waals surface area contributed by atoms with Crippen LogP contribution in [0.4, 0.5) is 4.39 Å². The average molecular weight is 341 g/mol. The van der Waals surface area contributed by atoms with Crippen molar-refractivity contribution in [2.24, 2.45) is 0 Å². The topological polar surface area (TPSA) is 96.6 Å². The van der Waals surface area contributed by atoms with Gasteiger partial charge in [-0.3, -0.25) is 4.79 Å². The molecule has 0 fully saturated rings. The van der Waals surface area contributed by atoms with Crippen molar-refractivity contribution in [2.45, 2.75) is 31.2 Å². The second kappa shape index (κ2) is 6.51. The largest absolute Gasteiger partial charge is 0.481 e. The molecule has 2 aromatic rings. The monoisotopic (exact) mass is 341 g/mol. The number of nitrogens with one attached hydrogen (secondary N) is 1. The molecule has 1 unspecified atom stereocenters. The maximum Gasteiger partial charge on any atom is 0.305 e. The molecule has 0 bridgehead atoms. The molecule has 1 atom stereocenters. The third-order valence-corrected chi connectivity index (χ3v) is 4.79. The summed E-state index contributed by atoms with van der Waals surface area (Å²) < 4.78 is 45.8. The van der Waals surface area contributed by atoms with Crippen molar-refractivity contribution in [3.63, 3.8) is 0 Å². The predicted molar refractivity (Wildman–Crippen MR) is 79.9 cm³/mol. The van der Waals surface area contributed by atoms with E-state index in [1.54, 1.807) is 6.92 Å². The van der Waals surface area contributed by atoms with Crippen molar-refractivity contribution in [1.29, 1.82) is 0 Å². The highest BCUT2D eigenvalue weighted by molar-refractivity contribution is 7.89. The second-order valence-corrected chi connectivity index (χ2v) is 6.79. The maximum atomic E-state index is 13.3. The Balaban J connectivity index is 2.37. The molecule has 0 aliphatic heterocycles. The van der Waals surface area contributed by atoms with Gasteiger partial charge in [-0.15, -0.1) is 0 Å². The molecule has 0 saturated heterocycles. The Labute approximate surface area is 133 Å². The highest BCUT2D eigenvalue weighted by Gasteiger charge is 2.26. The third kappa shape index (κ3) is 4.17. The lowest BCUT2D eigenvalue weighted by molar-refractivity contribution is -0.137. The van der Waals surface area contributed by atoms with Crippen molar-refractivity contribution >= 4 is 16.0 Å². The molecule has 6 nitrogen and oxygen atoms in total. The first-order chi connectivity index (χ1) is 10.7. The van der Waals surface area contributed by atoms with Gasteiger partial charge in [0.2, 0.25) is 10.0 Å². The first-order valence-corrected chi connectivity index (χ1v) is 8.24. The maximum absolute atomic E-state index is 13.3. The highest BCUT2D eigenvalue weighted by Crippen LogP contribution is 2.24. The number of rotatable bonds is 6. The lowest BCUT2D eigenvalue weighted by Crippen LogP contribution is -2.30. The van der Waals surface area contributed by atoms with Crippen LogP contribution in [0.25, 0.3) is 0 Å². The summed E-state index contributed by atoms with van der Waals surface area (Å²) >= 11 is 0. The minimum atomic E-state index is -4.01. The van der Waals surface area contributed by atoms with E-state index in [1.807, 2.05) is 0 Å². The van der Waals surface area contributed by atoms with Crippen LogP contribution < -0.4 is 4.72 Å². The minimum absolute atomic E-state index is 0.0678.